The third-order valence-corrected chi connectivity index (χ3v) is 8.22. The van der Waals surface area contributed by atoms with E-state index in [2.05, 4.69) is 0 Å². The lowest BCUT2D eigenvalue weighted by molar-refractivity contribution is -0.153. The normalized spacial score (nSPS) is 25.7. The lowest BCUT2D eigenvalue weighted by atomic mass is 9.57. The molecule has 0 spiro atoms. The van der Waals surface area contributed by atoms with Gasteiger partial charge in [0, 0.05) is 23.3 Å². The number of aromatic hydroxyl groups is 1. The number of rotatable bonds is 3. The number of ether oxygens (including phenoxy) is 1. The molecule has 4 atom stereocenters. The number of hydrogen-bond acceptors (Lipinski definition) is 10. The molecule has 6 N–H and O–H groups in total. The van der Waals surface area contributed by atoms with Gasteiger partial charge in [-0.25, -0.2) is 4.79 Å². The van der Waals surface area contributed by atoms with Gasteiger partial charge in [-0.05, 0) is 83.5 Å². The van der Waals surface area contributed by atoms with Gasteiger partial charge in [-0.15, -0.1) is 0 Å². The minimum atomic E-state index is -2.72. The third-order valence-electron chi connectivity index (χ3n) is 8.22. The Hall–Kier alpha value is -4.42. The second-order valence-electron chi connectivity index (χ2n) is 12.2. The van der Waals surface area contributed by atoms with Crippen molar-refractivity contribution in [2.75, 3.05) is 14.1 Å². The number of amides is 1. The number of nitrogens with two attached hydrogens (primary N) is 1. The number of likely N-dealkylation sites (N-methyl/N-ethyl adjacent to an activating group) is 1. The molecule has 42 heavy (non-hydrogen) atoms. The molecule has 0 bridgehead atoms. The quantitative estimate of drug-likeness (QED) is 0.337. The van der Waals surface area contributed by atoms with Crippen molar-refractivity contribution in [3.8, 4) is 17.0 Å². The molecule has 2 aromatic rings. The van der Waals surface area contributed by atoms with Crippen LogP contribution in [-0.2, 0) is 25.5 Å². The summed E-state index contributed by atoms with van der Waals surface area (Å²) in [4.78, 5) is 53.8. The molecule has 12 nitrogen and oxygen atoms in total. The van der Waals surface area contributed by atoms with Crippen LogP contribution in [0.5, 0.6) is 5.75 Å². The van der Waals surface area contributed by atoms with Gasteiger partial charge < -0.3 is 30.9 Å². The molecule has 1 aromatic carbocycles. The highest BCUT2D eigenvalue weighted by molar-refractivity contribution is 6.24. The van der Waals surface area contributed by atoms with Crippen molar-refractivity contribution >= 4 is 29.3 Å². The SMILES string of the molecule is CN(C)C1C(=O)C(C(N)=O)=C(O)[C@]2(O)C(=O)C3=C(O)c4c(O)ccc(-c5cccn5C(=O)OC(C)(C)C)c4C[C@@H]3C[C@H]12. The van der Waals surface area contributed by atoms with E-state index in [9.17, 15) is 39.6 Å². The number of ketones is 2. The first-order valence-corrected chi connectivity index (χ1v) is 13.4. The molecule has 1 saturated carbocycles. The van der Waals surface area contributed by atoms with Crippen LogP contribution >= 0.6 is 0 Å². The molecule has 1 amide bonds. The monoisotopic (exact) mass is 579 g/mol. The summed E-state index contributed by atoms with van der Waals surface area (Å²) in [5.74, 6) is -7.27. The summed E-state index contributed by atoms with van der Waals surface area (Å²) in [6.45, 7) is 5.20. The van der Waals surface area contributed by atoms with Gasteiger partial charge in [-0.1, -0.05) is 0 Å². The number of primary amides is 1. The Bertz CT molecular complexity index is 1620. The Balaban J connectivity index is 1.70. The summed E-state index contributed by atoms with van der Waals surface area (Å²) in [6, 6.07) is 5.04. The fourth-order valence-corrected chi connectivity index (χ4v) is 6.55. The van der Waals surface area contributed by atoms with Gasteiger partial charge in [0.05, 0.1) is 17.3 Å². The Morgan fingerprint density at radius 2 is 1.79 bits per heavy atom. The average Bonchev–Trinajstić information content (AvgIpc) is 3.35. The Labute approximate surface area is 241 Å². The van der Waals surface area contributed by atoms with Gasteiger partial charge in [-0.3, -0.25) is 23.9 Å². The van der Waals surface area contributed by atoms with Crippen molar-refractivity contribution in [1.82, 2.24) is 9.47 Å². The molecule has 0 saturated heterocycles. The van der Waals surface area contributed by atoms with Crippen LogP contribution in [-0.4, -0.2) is 84.8 Å². The average molecular weight is 580 g/mol. The van der Waals surface area contributed by atoms with Crippen molar-refractivity contribution in [2.24, 2.45) is 17.6 Å². The van der Waals surface area contributed by atoms with Crippen LogP contribution in [0, 0.1) is 11.8 Å². The molecule has 3 aliphatic rings. The maximum atomic E-state index is 14.0. The first kappa shape index (κ1) is 29.1. The van der Waals surface area contributed by atoms with Crippen LogP contribution in [0.2, 0.25) is 0 Å². The zero-order valence-electron chi connectivity index (χ0n) is 23.8. The number of aromatic nitrogens is 1. The molecule has 1 unspecified atom stereocenters. The van der Waals surface area contributed by atoms with Gasteiger partial charge in [0.25, 0.3) is 5.91 Å². The maximum Gasteiger partial charge on any atom is 0.418 e. The minimum absolute atomic E-state index is 0.0477. The number of aliphatic hydroxyl groups is 3. The zero-order chi connectivity index (χ0) is 31.0. The molecule has 1 fully saturated rings. The molecule has 0 radical (unpaired) electrons. The number of Topliss-reactive ketones (excluding diaryl/α,β-unsaturated/α-hetero) is 2. The molecule has 12 heteroatoms. The van der Waals surface area contributed by atoms with E-state index in [1.807, 2.05) is 0 Å². The van der Waals surface area contributed by atoms with Crippen LogP contribution in [0.25, 0.3) is 17.0 Å². The fourth-order valence-electron chi connectivity index (χ4n) is 6.55. The molecule has 222 valence electrons. The number of carbonyl (C=O) groups is 4. The minimum Gasteiger partial charge on any atom is -0.508 e. The smallest absolute Gasteiger partial charge is 0.418 e. The van der Waals surface area contributed by atoms with Gasteiger partial charge in [0.15, 0.2) is 11.4 Å². The maximum absolute atomic E-state index is 14.0. The number of aliphatic hydroxyl groups excluding tert-OH is 2. The van der Waals surface area contributed by atoms with Crippen molar-refractivity contribution in [2.45, 2.75) is 50.9 Å². The summed E-state index contributed by atoms with van der Waals surface area (Å²) < 4.78 is 6.83. The molecule has 1 heterocycles. The number of benzene rings is 1. The molecule has 3 aliphatic carbocycles. The number of phenolic OH excluding ortho intramolecular Hbond substituents is 1. The largest absolute Gasteiger partial charge is 0.508 e. The summed E-state index contributed by atoms with van der Waals surface area (Å²) in [5, 5.41) is 45.0. The summed E-state index contributed by atoms with van der Waals surface area (Å²) in [7, 11) is 3.07. The zero-order valence-corrected chi connectivity index (χ0v) is 23.8. The Kier molecular flexibility index (Phi) is 6.62. The number of fused-ring (bicyclic) bond motifs is 3. The van der Waals surface area contributed by atoms with Gasteiger partial charge in [0.1, 0.15) is 28.4 Å². The van der Waals surface area contributed by atoms with Crippen LogP contribution < -0.4 is 5.73 Å². The van der Waals surface area contributed by atoms with Crippen molar-refractivity contribution in [1.29, 1.82) is 0 Å². The second kappa shape index (κ2) is 9.57. The second-order valence-corrected chi connectivity index (χ2v) is 12.2. The molecule has 5 rings (SSSR count). The van der Waals surface area contributed by atoms with E-state index in [1.165, 1.54) is 35.8 Å². The summed E-state index contributed by atoms with van der Waals surface area (Å²) in [6.07, 6.45) is 0.920. The van der Waals surface area contributed by atoms with Crippen LogP contribution in [0.3, 0.4) is 0 Å². The number of phenols is 1. The lowest BCUT2D eigenvalue weighted by Gasteiger charge is -2.50. The lowest BCUT2D eigenvalue weighted by Crippen LogP contribution is -2.65. The highest BCUT2D eigenvalue weighted by atomic mass is 16.6. The molecular weight excluding hydrogens is 546 g/mol. The van der Waals surface area contributed by atoms with Crippen LogP contribution in [0.15, 0.2) is 47.4 Å². The summed E-state index contributed by atoms with van der Waals surface area (Å²) in [5.41, 5.74) is 2.02. The predicted octanol–water partition coefficient (Wildman–Crippen LogP) is 2.22. The summed E-state index contributed by atoms with van der Waals surface area (Å²) >= 11 is 0. The van der Waals surface area contributed by atoms with Crippen molar-refractivity contribution in [3.63, 3.8) is 0 Å². The number of hydrogen-bond donors (Lipinski definition) is 5. The van der Waals surface area contributed by atoms with E-state index >= 15 is 0 Å². The number of carbonyl (C=O) groups excluding carboxylic acids is 4. The van der Waals surface area contributed by atoms with Crippen LogP contribution in [0.4, 0.5) is 4.79 Å². The topological polar surface area (TPSA) is 193 Å². The fraction of sp³-hybridized carbons (Fsp3) is 0.400. The van der Waals surface area contributed by atoms with E-state index in [1.54, 1.807) is 39.0 Å². The standard InChI is InChI=1S/C30H33N3O9/c1-29(2,3)42-28(40)33-10-6-7-17(33)14-8-9-18(34)20-15(14)11-13-12-16-22(32(4)5)24(36)21(27(31)39)26(38)30(16,41)25(37)19(13)23(20)35/h6-10,13,16,22,34-35,38,41H,11-12H2,1-5H3,(H2,31,39)/t13-,16-,22?,30-/m1/s1. The van der Waals surface area contributed by atoms with Gasteiger partial charge >= 0.3 is 6.09 Å². The van der Waals surface area contributed by atoms with E-state index in [0.29, 0.717) is 16.8 Å². The van der Waals surface area contributed by atoms with Crippen molar-refractivity contribution < 1.29 is 44.3 Å². The van der Waals surface area contributed by atoms with E-state index in [0.717, 1.165) is 0 Å². The van der Waals surface area contributed by atoms with E-state index in [-0.39, 0.29) is 29.7 Å². The Morgan fingerprint density at radius 1 is 1.12 bits per heavy atom. The van der Waals surface area contributed by atoms with Gasteiger partial charge in [0.2, 0.25) is 5.78 Å². The molecule has 1 aromatic heterocycles. The predicted molar refractivity (Wildman–Crippen MR) is 149 cm³/mol. The first-order valence-electron chi connectivity index (χ1n) is 13.4. The van der Waals surface area contributed by atoms with E-state index in [4.69, 9.17) is 10.5 Å². The number of nitrogens with zero attached hydrogens (tertiary/aromatic N) is 2. The highest BCUT2D eigenvalue weighted by Crippen LogP contribution is 2.53. The third kappa shape index (κ3) is 4.12. The molecule has 0 aliphatic heterocycles. The van der Waals surface area contributed by atoms with E-state index < -0.39 is 69.7 Å². The first-order chi connectivity index (χ1) is 19.5. The van der Waals surface area contributed by atoms with Crippen molar-refractivity contribution in [3.05, 3.63) is 58.5 Å². The molecular formula is C30H33N3O9. The Morgan fingerprint density at radius 3 is 2.38 bits per heavy atom. The van der Waals surface area contributed by atoms with Crippen LogP contribution in [0.1, 0.15) is 38.3 Å². The highest BCUT2D eigenvalue weighted by Gasteiger charge is 2.64. The van der Waals surface area contributed by atoms with Gasteiger partial charge in [-0.2, -0.15) is 0 Å².